The van der Waals surface area contributed by atoms with Gasteiger partial charge < -0.3 is 23.8 Å². The van der Waals surface area contributed by atoms with Crippen LogP contribution in [0.4, 0.5) is 0 Å². The number of likely N-dealkylation sites (tertiary alicyclic amines) is 2. The Labute approximate surface area is 215 Å². The van der Waals surface area contributed by atoms with Crippen molar-refractivity contribution in [3.8, 4) is 22.9 Å². The van der Waals surface area contributed by atoms with Crippen LogP contribution >= 0.6 is 0 Å². The molecule has 1 aliphatic carbocycles. The number of methoxy groups -OCH3 is 2. The first-order valence-electron chi connectivity index (χ1n) is 13.7. The van der Waals surface area contributed by atoms with Crippen molar-refractivity contribution in [2.45, 2.75) is 63.5 Å². The highest BCUT2D eigenvalue weighted by Gasteiger charge is 2.34. The lowest BCUT2D eigenvalue weighted by molar-refractivity contribution is 0.0844. The highest BCUT2D eigenvalue weighted by atomic mass is 16.5. The zero-order chi connectivity index (χ0) is 24.8. The second-order valence-corrected chi connectivity index (χ2v) is 11.1. The van der Waals surface area contributed by atoms with Crippen molar-refractivity contribution < 1.29 is 9.47 Å². The predicted molar refractivity (Wildman–Crippen MR) is 145 cm³/mol. The van der Waals surface area contributed by atoms with E-state index in [9.17, 15) is 0 Å². The van der Waals surface area contributed by atoms with Crippen molar-refractivity contribution in [3.05, 3.63) is 41.5 Å². The van der Waals surface area contributed by atoms with E-state index in [4.69, 9.17) is 14.5 Å². The molecular formula is C30H40N4O2. The van der Waals surface area contributed by atoms with Crippen molar-refractivity contribution in [1.29, 1.82) is 0 Å². The molecule has 0 spiro atoms. The van der Waals surface area contributed by atoms with Gasteiger partial charge in [-0.3, -0.25) is 0 Å². The second-order valence-electron chi connectivity index (χ2n) is 11.1. The van der Waals surface area contributed by atoms with Crippen LogP contribution in [0.2, 0.25) is 0 Å². The molecule has 0 radical (unpaired) electrons. The number of hydrogen-bond donors (Lipinski definition) is 0. The van der Waals surface area contributed by atoms with Gasteiger partial charge in [0.1, 0.15) is 5.82 Å². The van der Waals surface area contributed by atoms with Crippen LogP contribution in [0.25, 0.3) is 22.4 Å². The average molecular weight is 489 g/mol. The zero-order valence-electron chi connectivity index (χ0n) is 22.3. The molecule has 2 aliphatic heterocycles. The van der Waals surface area contributed by atoms with E-state index in [1.54, 1.807) is 14.2 Å². The first kappa shape index (κ1) is 23.8. The third-order valence-electron chi connectivity index (χ3n) is 8.92. The third-order valence-corrected chi connectivity index (χ3v) is 8.92. The van der Waals surface area contributed by atoms with Crippen LogP contribution in [-0.2, 0) is 7.05 Å². The van der Waals surface area contributed by atoms with Crippen molar-refractivity contribution in [1.82, 2.24) is 19.4 Å². The monoisotopic (exact) mass is 488 g/mol. The number of ether oxygens (including phenoxy) is 2. The van der Waals surface area contributed by atoms with Gasteiger partial charge in [-0.15, -0.1) is 0 Å². The molecule has 6 nitrogen and oxygen atoms in total. The first-order valence-corrected chi connectivity index (χ1v) is 13.7. The van der Waals surface area contributed by atoms with Gasteiger partial charge in [-0.25, -0.2) is 4.98 Å². The fourth-order valence-electron chi connectivity index (χ4n) is 6.61. The maximum atomic E-state index is 5.54. The number of aromatic nitrogens is 2. The molecule has 2 aromatic carbocycles. The standard InChI is InChI=1S/C30H40N4O2/c1-20-17-23(21-9-13-33(14-10-21)25-11-15-34(16-12-25)24-6-7-24)18-26-29(20)31-30(32(26)2)22-5-8-27(35-3)28(19-22)36-4/h5,8,17-19,21,24-25H,6-7,9-16H2,1-4H3. The summed E-state index contributed by atoms with van der Waals surface area (Å²) in [5, 5.41) is 0. The van der Waals surface area contributed by atoms with Gasteiger partial charge in [0.05, 0.1) is 25.3 Å². The van der Waals surface area contributed by atoms with E-state index in [1.807, 2.05) is 12.1 Å². The van der Waals surface area contributed by atoms with E-state index in [0.29, 0.717) is 5.92 Å². The molecule has 1 aromatic heterocycles. The summed E-state index contributed by atoms with van der Waals surface area (Å²) in [4.78, 5) is 10.6. The Kier molecular flexibility index (Phi) is 6.42. The van der Waals surface area contributed by atoms with Crippen LogP contribution in [0.15, 0.2) is 30.3 Å². The van der Waals surface area contributed by atoms with E-state index in [-0.39, 0.29) is 0 Å². The quantitative estimate of drug-likeness (QED) is 0.467. The normalized spacial score (nSPS) is 20.8. The van der Waals surface area contributed by atoms with Crippen molar-refractivity contribution in [3.63, 3.8) is 0 Å². The SMILES string of the molecule is COc1ccc(-c2nc3c(C)cc(C4CCN(C5CCN(C6CC6)CC5)CC4)cc3n2C)cc1OC. The Morgan fingerprint density at radius 3 is 2.06 bits per heavy atom. The molecule has 36 heavy (non-hydrogen) atoms. The maximum absolute atomic E-state index is 5.54. The zero-order valence-corrected chi connectivity index (χ0v) is 22.3. The number of nitrogens with zero attached hydrogens (tertiary/aromatic N) is 4. The molecule has 6 rings (SSSR count). The number of aryl methyl sites for hydroxylation is 2. The van der Waals surface area contributed by atoms with Crippen LogP contribution in [0.3, 0.4) is 0 Å². The topological polar surface area (TPSA) is 42.8 Å². The van der Waals surface area contributed by atoms with Gasteiger partial charge in [-0.1, -0.05) is 6.07 Å². The molecular weight excluding hydrogens is 448 g/mol. The summed E-state index contributed by atoms with van der Waals surface area (Å²) < 4.78 is 13.2. The van der Waals surface area contributed by atoms with Crippen LogP contribution in [0.5, 0.6) is 11.5 Å². The molecule has 0 unspecified atom stereocenters. The molecule has 3 aromatic rings. The molecule has 3 fully saturated rings. The lowest BCUT2D eigenvalue weighted by Crippen LogP contribution is -2.47. The van der Waals surface area contributed by atoms with Crippen LogP contribution in [0, 0.1) is 6.92 Å². The van der Waals surface area contributed by atoms with Gasteiger partial charge in [-0.2, -0.15) is 0 Å². The van der Waals surface area contributed by atoms with Gasteiger partial charge in [0.25, 0.3) is 0 Å². The molecule has 1 saturated carbocycles. The Morgan fingerprint density at radius 1 is 0.778 bits per heavy atom. The van der Waals surface area contributed by atoms with Gasteiger partial charge >= 0.3 is 0 Å². The minimum Gasteiger partial charge on any atom is -0.493 e. The molecule has 0 amide bonds. The Bertz CT molecular complexity index is 1230. The summed E-state index contributed by atoms with van der Waals surface area (Å²) in [5.74, 6) is 3.05. The van der Waals surface area contributed by atoms with Gasteiger partial charge in [0, 0.05) is 24.7 Å². The minimum atomic E-state index is 0.635. The fourth-order valence-corrected chi connectivity index (χ4v) is 6.61. The van der Waals surface area contributed by atoms with E-state index < -0.39 is 0 Å². The Hall–Kier alpha value is -2.57. The average Bonchev–Trinajstić information content (AvgIpc) is 3.72. The summed E-state index contributed by atoms with van der Waals surface area (Å²) in [7, 11) is 5.47. The minimum absolute atomic E-state index is 0.635. The van der Waals surface area contributed by atoms with E-state index in [1.165, 1.54) is 81.3 Å². The van der Waals surface area contributed by atoms with E-state index in [2.05, 4.69) is 46.5 Å². The Morgan fingerprint density at radius 2 is 1.42 bits per heavy atom. The van der Waals surface area contributed by atoms with Crippen LogP contribution < -0.4 is 9.47 Å². The largest absolute Gasteiger partial charge is 0.493 e. The molecule has 0 atom stereocenters. The number of rotatable bonds is 6. The molecule has 0 bridgehead atoms. The van der Waals surface area contributed by atoms with Crippen molar-refractivity contribution in [2.75, 3.05) is 40.4 Å². The summed E-state index contributed by atoms with van der Waals surface area (Å²) >= 11 is 0. The highest BCUT2D eigenvalue weighted by molar-refractivity contribution is 5.84. The Balaban J connectivity index is 1.18. The fraction of sp³-hybridized carbons (Fsp3) is 0.567. The lowest BCUT2D eigenvalue weighted by atomic mass is 9.87. The smallest absolute Gasteiger partial charge is 0.161 e. The summed E-state index contributed by atoms with van der Waals surface area (Å²) in [6.45, 7) is 7.30. The van der Waals surface area contributed by atoms with E-state index >= 15 is 0 Å². The molecule has 0 N–H and O–H groups in total. The van der Waals surface area contributed by atoms with E-state index in [0.717, 1.165) is 40.5 Å². The van der Waals surface area contributed by atoms with Crippen LogP contribution in [0.1, 0.15) is 55.6 Å². The highest BCUT2D eigenvalue weighted by Crippen LogP contribution is 2.37. The summed E-state index contributed by atoms with van der Waals surface area (Å²) in [6.07, 6.45) is 8.11. The second kappa shape index (κ2) is 9.71. The number of fused-ring (bicyclic) bond motifs is 1. The molecule has 6 heteroatoms. The number of benzene rings is 2. The predicted octanol–water partition coefficient (Wildman–Crippen LogP) is 5.37. The third kappa shape index (κ3) is 4.39. The molecule has 192 valence electrons. The molecule has 3 aliphatic rings. The lowest BCUT2D eigenvalue weighted by Gasteiger charge is -2.42. The van der Waals surface area contributed by atoms with Crippen molar-refractivity contribution >= 4 is 11.0 Å². The molecule has 3 heterocycles. The number of imidazole rings is 1. The number of piperidine rings is 2. The van der Waals surface area contributed by atoms with Gasteiger partial charge in [0.15, 0.2) is 11.5 Å². The molecule has 2 saturated heterocycles. The summed E-state index contributed by atoms with van der Waals surface area (Å²) in [5.41, 5.74) is 6.08. The van der Waals surface area contributed by atoms with Crippen LogP contribution in [-0.4, -0.2) is 71.8 Å². The van der Waals surface area contributed by atoms with Gasteiger partial charge in [-0.05, 0) is 113 Å². The van der Waals surface area contributed by atoms with Crippen molar-refractivity contribution in [2.24, 2.45) is 7.05 Å². The first-order chi connectivity index (χ1) is 17.6. The van der Waals surface area contributed by atoms with Gasteiger partial charge in [0.2, 0.25) is 0 Å². The number of hydrogen-bond acceptors (Lipinski definition) is 5. The summed E-state index contributed by atoms with van der Waals surface area (Å²) in [6, 6.07) is 12.5. The maximum Gasteiger partial charge on any atom is 0.161 e.